The van der Waals surface area contributed by atoms with Crippen molar-refractivity contribution in [1.82, 2.24) is 9.88 Å². The second-order valence-electron chi connectivity index (χ2n) is 4.69. The van der Waals surface area contributed by atoms with Crippen molar-refractivity contribution in [2.75, 3.05) is 13.1 Å². The minimum atomic E-state index is -0.878. The molecule has 1 fully saturated rings. The Bertz CT molecular complexity index is 506. The van der Waals surface area contributed by atoms with Crippen LogP contribution in [-0.4, -0.2) is 40.0 Å². The number of carboxylic acid groups (broad SMARTS) is 1. The monoisotopic (exact) mass is 268 g/mol. The molecule has 1 atom stereocenters. The number of aromatic nitrogens is 1. The first-order valence-electron chi connectivity index (χ1n) is 5.58. The molecule has 2 rings (SSSR count). The molecule has 0 saturated carbocycles. The number of hydrogen-bond acceptors (Lipinski definition) is 3. The maximum absolute atomic E-state index is 12.1. The molecule has 1 saturated heterocycles. The fourth-order valence-electron chi connectivity index (χ4n) is 2.00. The summed E-state index contributed by atoms with van der Waals surface area (Å²) in [6.07, 6.45) is 0.453. The zero-order valence-corrected chi connectivity index (χ0v) is 10.6. The lowest BCUT2D eigenvalue weighted by molar-refractivity contribution is -0.147. The van der Waals surface area contributed by atoms with E-state index in [0.29, 0.717) is 13.0 Å². The van der Waals surface area contributed by atoms with Gasteiger partial charge >= 0.3 is 5.97 Å². The molecule has 6 heteroatoms. The summed E-state index contributed by atoms with van der Waals surface area (Å²) in [5.74, 6) is -1.15. The summed E-state index contributed by atoms with van der Waals surface area (Å²) in [6, 6.07) is 4.81. The van der Waals surface area contributed by atoms with Crippen molar-refractivity contribution in [3.05, 3.63) is 29.0 Å². The van der Waals surface area contributed by atoms with Crippen molar-refractivity contribution in [2.24, 2.45) is 5.41 Å². The van der Waals surface area contributed by atoms with Crippen LogP contribution in [0.5, 0.6) is 0 Å². The second kappa shape index (κ2) is 4.57. The zero-order chi connectivity index (χ0) is 13.3. The van der Waals surface area contributed by atoms with Crippen molar-refractivity contribution < 1.29 is 14.7 Å². The van der Waals surface area contributed by atoms with Gasteiger partial charge < -0.3 is 10.0 Å². The molecule has 2 heterocycles. The Morgan fingerprint density at radius 3 is 2.78 bits per heavy atom. The second-order valence-corrected chi connectivity index (χ2v) is 5.08. The Hall–Kier alpha value is -1.62. The average molecular weight is 269 g/mol. The predicted octanol–water partition coefficient (Wildman–Crippen LogP) is 1.67. The number of likely N-dealkylation sites (tertiary alicyclic amines) is 1. The number of aliphatic carboxylic acids is 1. The summed E-state index contributed by atoms with van der Waals surface area (Å²) in [6.45, 7) is 2.28. The number of rotatable bonds is 2. The summed E-state index contributed by atoms with van der Waals surface area (Å²) in [5, 5.41) is 9.36. The number of carbonyl (C=O) groups is 2. The van der Waals surface area contributed by atoms with Gasteiger partial charge in [0, 0.05) is 13.1 Å². The van der Waals surface area contributed by atoms with Crippen molar-refractivity contribution in [3.8, 4) is 0 Å². The minimum Gasteiger partial charge on any atom is -0.481 e. The van der Waals surface area contributed by atoms with Crippen LogP contribution in [0.3, 0.4) is 0 Å². The third-order valence-corrected chi connectivity index (χ3v) is 3.42. The van der Waals surface area contributed by atoms with Gasteiger partial charge in [0.1, 0.15) is 10.8 Å². The van der Waals surface area contributed by atoms with E-state index < -0.39 is 11.4 Å². The highest BCUT2D eigenvalue weighted by atomic mass is 35.5. The third-order valence-electron chi connectivity index (χ3n) is 3.21. The van der Waals surface area contributed by atoms with E-state index in [1.54, 1.807) is 25.1 Å². The van der Waals surface area contributed by atoms with Crippen LogP contribution in [0.25, 0.3) is 0 Å². The lowest BCUT2D eigenvalue weighted by Gasteiger charge is -2.19. The van der Waals surface area contributed by atoms with Gasteiger partial charge in [-0.05, 0) is 25.5 Å². The van der Waals surface area contributed by atoms with Crippen molar-refractivity contribution in [2.45, 2.75) is 13.3 Å². The first-order valence-corrected chi connectivity index (χ1v) is 5.95. The van der Waals surface area contributed by atoms with Gasteiger partial charge in [-0.3, -0.25) is 9.59 Å². The molecule has 96 valence electrons. The Morgan fingerprint density at radius 1 is 1.50 bits per heavy atom. The molecule has 0 radical (unpaired) electrons. The van der Waals surface area contributed by atoms with Crippen LogP contribution in [0.1, 0.15) is 23.8 Å². The minimum absolute atomic E-state index is 0.204. The van der Waals surface area contributed by atoms with Crippen LogP contribution in [-0.2, 0) is 4.79 Å². The summed E-state index contributed by atoms with van der Waals surface area (Å²) in [7, 11) is 0. The lowest BCUT2D eigenvalue weighted by Crippen LogP contribution is -2.35. The van der Waals surface area contributed by atoms with E-state index in [1.807, 2.05) is 0 Å². The van der Waals surface area contributed by atoms with Crippen LogP contribution in [0.15, 0.2) is 18.2 Å². The summed E-state index contributed by atoms with van der Waals surface area (Å²) < 4.78 is 0. The van der Waals surface area contributed by atoms with Gasteiger partial charge in [-0.25, -0.2) is 4.98 Å². The van der Waals surface area contributed by atoms with E-state index >= 15 is 0 Å². The smallest absolute Gasteiger partial charge is 0.311 e. The Labute approximate surface area is 109 Å². The molecule has 18 heavy (non-hydrogen) atoms. The Kier molecular flexibility index (Phi) is 3.26. The molecular formula is C12H13ClN2O3. The largest absolute Gasteiger partial charge is 0.481 e. The molecule has 1 aromatic rings. The highest BCUT2D eigenvalue weighted by molar-refractivity contribution is 6.29. The Morgan fingerprint density at radius 2 is 2.22 bits per heavy atom. The van der Waals surface area contributed by atoms with Gasteiger partial charge in [0.15, 0.2) is 0 Å². The molecule has 0 spiro atoms. The highest BCUT2D eigenvalue weighted by Crippen LogP contribution is 2.30. The quantitative estimate of drug-likeness (QED) is 0.829. The van der Waals surface area contributed by atoms with Crippen molar-refractivity contribution in [1.29, 1.82) is 0 Å². The number of amides is 1. The molecule has 5 nitrogen and oxygen atoms in total. The molecule has 1 aliphatic rings. The topological polar surface area (TPSA) is 70.5 Å². The molecule has 1 amide bonds. The van der Waals surface area contributed by atoms with Crippen molar-refractivity contribution >= 4 is 23.5 Å². The van der Waals surface area contributed by atoms with E-state index in [1.165, 1.54) is 4.90 Å². The van der Waals surface area contributed by atoms with E-state index in [0.717, 1.165) is 0 Å². The van der Waals surface area contributed by atoms with E-state index in [2.05, 4.69) is 4.98 Å². The van der Waals surface area contributed by atoms with Crippen LogP contribution in [0, 0.1) is 5.41 Å². The molecular weight excluding hydrogens is 256 g/mol. The molecule has 1 N–H and O–H groups in total. The van der Waals surface area contributed by atoms with Crippen LogP contribution in [0.4, 0.5) is 0 Å². The molecule has 0 bridgehead atoms. The van der Waals surface area contributed by atoms with Crippen molar-refractivity contribution in [3.63, 3.8) is 0 Å². The predicted molar refractivity (Wildman–Crippen MR) is 65.5 cm³/mol. The van der Waals surface area contributed by atoms with Crippen LogP contribution >= 0.6 is 11.6 Å². The number of nitrogens with zero attached hydrogens (tertiary/aromatic N) is 2. The van der Waals surface area contributed by atoms with E-state index in [-0.39, 0.29) is 23.3 Å². The number of hydrogen-bond donors (Lipinski definition) is 1. The first-order chi connectivity index (χ1) is 8.42. The lowest BCUT2D eigenvalue weighted by atomic mass is 9.90. The van der Waals surface area contributed by atoms with Crippen LogP contribution < -0.4 is 0 Å². The summed E-state index contributed by atoms with van der Waals surface area (Å²) in [5.41, 5.74) is -0.619. The van der Waals surface area contributed by atoms with Gasteiger partial charge in [0.05, 0.1) is 5.41 Å². The summed E-state index contributed by atoms with van der Waals surface area (Å²) in [4.78, 5) is 28.7. The fraction of sp³-hybridized carbons (Fsp3) is 0.417. The average Bonchev–Trinajstić information content (AvgIpc) is 2.72. The highest BCUT2D eigenvalue weighted by Gasteiger charge is 2.42. The fourth-order valence-corrected chi connectivity index (χ4v) is 2.16. The van der Waals surface area contributed by atoms with Gasteiger partial charge in [-0.15, -0.1) is 0 Å². The van der Waals surface area contributed by atoms with Gasteiger partial charge in [-0.2, -0.15) is 0 Å². The van der Waals surface area contributed by atoms with Gasteiger partial charge in [-0.1, -0.05) is 17.7 Å². The Balaban J connectivity index is 2.15. The van der Waals surface area contributed by atoms with E-state index in [4.69, 9.17) is 16.7 Å². The molecule has 1 aromatic heterocycles. The number of halogens is 1. The van der Waals surface area contributed by atoms with Gasteiger partial charge in [0.25, 0.3) is 5.91 Å². The number of carbonyl (C=O) groups excluding carboxylic acids is 1. The number of carboxylic acids is 1. The van der Waals surface area contributed by atoms with E-state index in [9.17, 15) is 9.59 Å². The van der Waals surface area contributed by atoms with Crippen LogP contribution in [0.2, 0.25) is 5.15 Å². The molecule has 0 aliphatic carbocycles. The molecule has 0 aromatic carbocycles. The molecule has 1 unspecified atom stereocenters. The number of pyridine rings is 1. The maximum Gasteiger partial charge on any atom is 0.311 e. The van der Waals surface area contributed by atoms with Gasteiger partial charge in [0.2, 0.25) is 0 Å². The standard InChI is InChI=1S/C12H13ClN2O3/c1-12(11(17)18)5-6-15(7-12)10(16)8-3-2-4-9(13)14-8/h2-4H,5-7H2,1H3,(H,17,18). The maximum atomic E-state index is 12.1. The third kappa shape index (κ3) is 2.31. The normalized spacial score (nSPS) is 23.1. The zero-order valence-electron chi connectivity index (χ0n) is 9.89. The first kappa shape index (κ1) is 12.8. The summed E-state index contributed by atoms with van der Waals surface area (Å²) >= 11 is 5.73. The SMILES string of the molecule is CC1(C(=O)O)CCN(C(=O)c2cccc(Cl)n2)C1. The molecule has 1 aliphatic heterocycles.